The number of carbonyl (C=O) groups is 1. The molecule has 0 atom stereocenters. The first-order valence-corrected chi connectivity index (χ1v) is 11.3. The summed E-state index contributed by atoms with van der Waals surface area (Å²) in [7, 11) is -1.92. The summed E-state index contributed by atoms with van der Waals surface area (Å²) in [6.45, 7) is 0.463. The molecule has 3 aromatic carbocycles. The van der Waals surface area contributed by atoms with Crippen molar-refractivity contribution < 1.29 is 17.9 Å². The third kappa shape index (κ3) is 4.09. The lowest BCUT2D eigenvalue weighted by Gasteiger charge is -2.38. The highest BCUT2D eigenvalue weighted by molar-refractivity contribution is 7.92. The van der Waals surface area contributed by atoms with Crippen LogP contribution in [0.3, 0.4) is 0 Å². The van der Waals surface area contributed by atoms with Crippen molar-refractivity contribution in [3.05, 3.63) is 84.4 Å². The van der Waals surface area contributed by atoms with Gasteiger partial charge in [0.05, 0.1) is 18.4 Å². The normalized spacial score (nSPS) is 14.2. The largest absolute Gasteiger partial charge is 0.497 e. The van der Waals surface area contributed by atoms with E-state index < -0.39 is 15.1 Å². The summed E-state index contributed by atoms with van der Waals surface area (Å²) in [6.07, 6.45) is 0.268. The molecule has 6 heteroatoms. The van der Waals surface area contributed by atoms with Gasteiger partial charge in [0.25, 0.3) is 0 Å². The van der Waals surface area contributed by atoms with E-state index in [1.54, 1.807) is 29.2 Å². The Morgan fingerprint density at radius 3 is 2.10 bits per heavy atom. The van der Waals surface area contributed by atoms with Crippen molar-refractivity contribution in [2.45, 2.75) is 16.6 Å². The SMILES string of the molecule is COc1ccc(S(=O)(=O)C2CN(C(=O)Cc3ccc(-c4ccccc4)cc3)C2)cc1. The van der Waals surface area contributed by atoms with E-state index in [1.807, 2.05) is 54.6 Å². The Morgan fingerprint density at radius 2 is 1.50 bits per heavy atom. The smallest absolute Gasteiger partial charge is 0.227 e. The first-order chi connectivity index (χ1) is 14.5. The summed E-state index contributed by atoms with van der Waals surface area (Å²) >= 11 is 0. The predicted molar refractivity (Wildman–Crippen MR) is 116 cm³/mol. The zero-order chi connectivity index (χ0) is 21.1. The predicted octanol–water partition coefficient (Wildman–Crippen LogP) is 3.59. The molecule has 0 aliphatic carbocycles. The molecule has 0 aromatic heterocycles. The van der Waals surface area contributed by atoms with Gasteiger partial charge in [0.15, 0.2) is 9.84 Å². The summed E-state index contributed by atoms with van der Waals surface area (Å²) in [4.78, 5) is 14.4. The minimum Gasteiger partial charge on any atom is -0.497 e. The van der Waals surface area contributed by atoms with Gasteiger partial charge in [-0.2, -0.15) is 0 Å². The average Bonchev–Trinajstić information content (AvgIpc) is 2.73. The highest BCUT2D eigenvalue weighted by Crippen LogP contribution is 2.26. The van der Waals surface area contributed by atoms with Crippen LogP contribution in [0, 0.1) is 0 Å². The number of benzene rings is 3. The number of methoxy groups -OCH3 is 1. The molecule has 5 nitrogen and oxygen atoms in total. The molecule has 0 saturated carbocycles. The van der Waals surface area contributed by atoms with E-state index in [9.17, 15) is 13.2 Å². The monoisotopic (exact) mass is 421 g/mol. The van der Waals surface area contributed by atoms with Gasteiger partial charge in [0, 0.05) is 13.1 Å². The third-order valence-electron chi connectivity index (χ3n) is 5.44. The second-order valence-electron chi connectivity index (χ2n) is 7.38. The molecule has 0 N–H and O–H groups in total. The maximum Gasteiger partial charge on any atom is 0.227 e. The Balaban J connectivity index is 1.35. The van der Waals surface area contributed by atoms with Gasteiger partial charge in [0.2, 0.25) is 5.91 Å². The van der Waals surface area contributed by atoms with Gasteiger partial charge in [-0.1, -0.05) is 54.6 Å². The van der Waals surface area contributed by atoms with Crippen LogP contribution in [0.2, 0.25) is 0 Å². The second-order valence-corrected chi connectivity index (χ2v) is 9.61. The molecule has 1 saturated heterocycles. The fourth-order valence-electron chi connectivity index (χ4n) is 3.53. The molecule has 1 heterocycles. The molecule has 154 valence electrons. The number of hydrogen-bond acceptors (Lipinski definition) is 4. The summed E-state index contributed by atoms with van der Waals surface area (Å²) < 4.78 is 30.5. The lowest BCUT2D eigenvalue weighted by molar-refractivity contribution is -0.133. The minimum absolute atomic E-state index is 0.0522. The summed E-state index contributed by atoms with van der Waals surface area (Å²) in [6, 6.07) is 24.3. The molecule has 1 fully saturated rings. The van der Waals surface area contributed by atoms with Crippen LogP contribution in [-0.2, 0) is 21.1 Å². The number of likely N-dealkylation sites (tertiary alicyclic amines) is 1. The lowest BCUT2D eigenvalue weighted by Crippen LogP contribution is -2.57. The van der Waals surface area contributed by atoms with E-state index in [1.165, 1.54) is 7.11 Å². The standard InChI is InChI=1S/C24H23NO4S/c1-29-21-11-13-22(14-12-21)30(27,28)23-16-25(17-23)24(26)15-18-7-9-20(10-8-18)19-5-3-2-4-6-19/h2-14,23H,15-17H2,1H3. The van der Waals surface area contributed by atoms with Gasteiger partial charge in [-0.05, 0) is 41.0 Å². The fourth-order valence-corrected chi connectivity index (χ4v) is 5.18. The third-order valence-corrected chi connectivity index (χ3v) is 7.55. The first kappa shape index (κ1) is 20.2. The lowest BCUT2D eigenvalue weighted by atomic mass is 10.0. The van der Waals surface area contributed by atoms with Gasteiger partial charge >= 0.3 is 0 Å². The first-order valence-electron chi connectivity index (χ1n) is 9.77. The number of carbonyl (C=O) groups excluding carboxylic acids is 1. The van der Waals surface area contributed by atoms with Crippen molar-refractivity contribution in [3.63, 3.8) is 0 Å². The van der Waals surface area contributed by atoms with Gasteiger partial charge in [-0.15, -0.1) is 0 Å². The number of nitrogens with zero attached hydrogens (tertiary/aromatic N) is 1. The Morgan fingerprint density at radius 1 is 0.900 bits per heavy atom. The second kappa shape index (κ2) is 8.32. The molecule has 1 amide bonds. The molecule has 0 radical (unpaired) electrons. The van der Waals surface area contributed by atoms with Gasteiger partial charge < -0.3 is 9.64 Å². The van der Waals surface area contributed by atoms with Crippen LogP contribution in [0.4, 0.5) is 0 Å². The van der Waals surface area contributed by atoms with Gasteiger partial charge in [0.1, 0.15) is 11.0 Å². The van der Waals surface area contributed by atoms with Crippen molar-refractivity contribution >= 4 is 15.7 Å². The zero-order valence-corrected chi connectivity index (χ0v) is 17.5. The summed E-state index contributed by atoms with van der Waals surface area (Å²) in [5, 5.41) is -0.560. The van der Waals surface area contributed by atoms with Crippen molar-refractivity contribution in [2.75, 3.05) is 20.2 Å². The number of hydrogen-bond donors (Lipinski definition) is 0. The van der Waals surface area contributed by atoms with Crippen LogP contribution in [-0.4, -0.2) is 44.7 Å². The number of sulfone groups is 1. The van der Waals surface area contributed by atoms with E-state index in [-0.39, 0.29) is 30.3 Å². The summed E-state index contributed by atoms with van der Waals surface area (Å²) in [5.74, 6) is 0.557. The highest BCUT2D eigenvalue weighted by Gasteiger charge is 2.40. The Labute approximate surface area is 176 Å². The Hall–Kier alpha value is -3.12. The van der Waals surface area contributed by atoms with Crippen molar-refractivity contribution in [1.82, 2.24) is 4.90 Å². The quantitative estimate of drug-likeness (QED) is 0.610. The van der Waals surface area contributed by atoms with E-state index in [2.05, 4.69) is 0 Å². The van der Waals surface area contributed by atoms with Crippen LogP contribution in [0.15, 0.2) is 83.8 Å². The molecule has 4 rings (SSSR count). The average molecular weight is 422 g/mol. The number of ether oxygens (including phenoxy) is 1. The zero-order valence-electron chi connectivity index (χ0n) is 16.7. The van der Waals surface area contributed by atoms with Crippen LogP contribution in [0.1, 0.15) is 5.56 Å². The van der Waals surface area contributed by atoms with Crippen LogP contribution in [0.5, 0.6) is 5.75 Å². The Bertz CT molecular complexity index is 1120. The van der Waals surface area contributed by atoms with E-state index in [0.717, 1.165) is 16.7 Å². The van der Waals surface area contributed by atoms with E-state index in [4.69, 9.17) is 4.74 Å². The molecule has 1 aliphatic heterocycles. The van der Waals surface area contributed by atoms with Crippen LogP contribution in [0.25, 0.3) is 11.1 Å². The fraction of sp³-hybridized carbons (Fsp3) is 0.208. The number of rotatable bonds is 6. The molecule has 1 aliphatic rings. The van der Waals surface area contributed by atoms with Crippen molar-refractivity contribution in [1.29, 1.82) is 0 Å². The van der Waals surface area contributed by atoms with Gasteiger partial charge in [-0.3, -0.25) is 4.79 Å². The maximum absolute atomic E-state index is 12.7. The summed E-state index contributed by atoms with van der Waals surface area (Å²) in [5.41, 5.74) is 3.15. The molecular weight excluding hydrogens is 398 g/mol. The molecule has 0 unspecified atom stereocenters. The van der Waals surface area contributed by atoms with Crippen LogP contribution >= 0.6 is 0 Å². The maximum atomic E-state index is 12.7. The highest BCUT2D eigenvalue weighted by atomic mass is 32.2. The molecule has 30 heavy (non-hydrogen) atoms. The topological polar surface area (TPSA) is 63.7 Å². The number of amides is 1. The van der Waals surface area contributed by atoms with Gasteiger partial charge in [-0.25, -0.2) is 8.42 Å². The molecular formula is C24H23NO4S. The minimum atomic E-state index is -3.45. The Kier molecular flexibility index (Phi) is 5.59. The van der Waals surface area contributed by atoms with Crippen molar-refractivity contribution in [3.8, 4) is 16.9 Å². The van der Waals surface area contributed by atoms with Crippen LogP contribution < -0.4 is 4.74 Å². The van der Waals surface area contributed by atoms with E-state index >= 15 is 0 Å². The van der Waals surface area contributed by atoms with Crippen molar-refractivity contribution in [2.24, 2.45) is 0 Å². The van der Waals surface area contributed by atoms with E-state index in [0.29, 0.717) is 5.75 Å². The molecule has 0 spiro atoms. The molecule has 0 bridgehead atoms. The molecule has 3 aromatic rings.